The molecular formula is C21H21FN2O4. The predicted molar refractivity (Wildman–Crippen MR) is 101 cm³/mol. The van der Waals surface area contributed by atoms with Crippen LogP contribution in [0.25, 0.3) is 6.08 Å². The normalized spacial score (nSPS) is 16.9. The number of carbonyl (C=O) groups excluding carboxylic acids is 2. The number of pyridine rings is 1. The quantitative estimate of drug-likeness (QED) is 0.566. The Balaban J connectivity index is 1.57. The van der Waals surface area contributed by atoms with E-state index in [0.717, 1.165) is 6.07 Å². The lowest BCUT2D eigenvalue weighted by Gasteiger charge is -2.32. The van der Waals surface area contributed by atoms with Gasteiger partial charge in [-0.15, -0.1) is 0 Å². The van der Waals surface area contributed by atoms with Gasteiger partial charge in [0.05, 0.1) is 24.4 Å². The molecule has 146 valence electrons. The van der Waals surface area contributed by atoms with Crippen molar-refractivity contribution >= 4 is 17.8 Å². The molecule has 1 aromatic carbocycles. The van der Waals surface area contributed by atoms with Crippen LogP contribution in [0.15, 0.2) is 48.7 Å². The lowest BCUT2D eigenvalue weighted by Crippen LogP contribution is -2.47. The number of amides is 1. The van der Waals surface area contributed by atoms with Gasteiger partial charge in [0.25, 0.3) is 0 Å². The van der Waals surface area contributed by atoms with Gasteiger partial charge < -0.3 is 14.4 Å². The first-order valence-corrected chi connectivity index (χ1v) is 8.96. The average Bonchev–Trinajstić information content (AvgIpc) is 2.72. The fraction of sp³-hybridized carbons (Fsp3) is 0.286. The van der Waals surface area contributed by atoms with Gasteiger partial charge in [-0.05, 0) is 43.3 Å². The number of Topliss-reactive ketones (excluding diaryl/α,β-unsaturated/α-hetero) is 1. The average molecular weight is 384 g/mol. The van der Waals surface area contributed by atoms with E-state index < -0.39 is 5.82 Å². The summed E-state index contributed by atoms with van der Waals surface area (Å²) in [6, 6.07) is 9.29. The Morgan fingerprint density at radius 2 is 2.21 bits per heavy atom. The van der Waals surface area contributed by atoms with Crippen molar-refractivity contribution < 1.29 is 23.5 Å². The molecule has 28 heavy (non-hydrogen) atoms. The Morgan fingerprint density at radius 3 is 2.96 bits per heavy atom. The van der Waals surface area contributed by atoms with E-state index in [9.17, 15) is 14.0 Å². The minimum Gasteiger partial charge on any atom is -0.490 e. The highest BCUT2D eigenvalue weighted by Gasteiger charge is 2.24. The summed E-state index contributed by atoms with van der Waals surface area (Å²) in [6.45, 7) is 2.74. The predicted octanol–water partition coefficient (Wildman–Crippen LogP) is 2.74. The van der Waals surface area contributed by atoms with E-state index in [2.05, 4.69) is 4.98 Å². The van der Waals surface area contributed by atoms with Gasteiger partial charge in [0.15, 0.2) is 5.78 Å². The van der Waals surface area contributed by atoms with E-state index in [0.29, 0.717) is 31.1 Å². The van der Waals surface area contributed by atoms with Crippen molar-refractivity contribution in [1.82, 2.24) is 9.88 Å². The number of rotatable bonds is 6. The fourth-order valence-corrected chi connectivity index (χ4v) is 2.84. The van der Waals surface area contributed by atoms with Crippen molar-refractivity contribution in [2.24, 2.45) is 0 Å². The van der Waals surface area contributed by atoms with E-state index in [1.54, 1.807) is 17.2 Å². The number of aromatic nitrogens is 1. The summed E-state index contributed by atoms with van der Waals surface area (Å²) >= 11 is 0. The number of ether oxygens (including phenoxy) is 2. The molecule has 1 aliphatic rings. The van der Waals surface area contributed by atoms with Crippen LogP contribution in [0.3, 0.4) is 0 Å². The second-order valence-electron chi connectivity index (χ2n) is 6.37. The molecule has 0 aliphatic carbocycles. The third-order valence-corrected chi connectivity index (χ3v) is 4.28. The molecule has 2 heterocycles. The minimum absolute atomic E-state index is 0.134. The summed E-state index contributed by atoms with van der Waals surface area (Å²) < 4.78 is 24.7. The Hall–Kier alpha value is -3.06. The van der Waals surface area contributed by atoms with Gasteiger partial charge in [-0.1, -0.05) is 6.07 Å². The molecule has 0 saturated carbocycles. The number of carbonyl (C=O) groups is 2. The first-order chi connectivity index (χ1) is 13.5. The van der Waals surface area contributed by atoms with Crippen LogP contribution < -0.4 is 4.74 Å². The number of ketones is 1. The second kappa shape index (κ2) is 9.23. The van der Waals surface area contributed by atoms with Gasteiger partial charge >= 0.3 is 0 Å². The fourth-order valence-electron chi connectivity index (χ4n) is 2.84. The van der Waals surface area contributed by atoms with Gasteiger partial charge in [0.1, 0.15) is 24.3 Å². The highest BCUT2D eigenvalue weighted by atomic mass is 19.1. The Labute approximate surface area is 162 Å². The van der Waals surface area contributed by atoms with E-state index in [1.807, 2.05) is 18.2 Å². The van der Waals surface area contributed by atoms with Crippen LogP contribution in [0.4, 0.5) is 4.39 Å². The Morgan fingerprint density at radius 1 is 1.36 bits per heavy atom. The van der Waals surface area contributed by atoms with Crippen LogP contribution in [0, 0.1) is 5.82 Å². The lowest BCUT2D eigenvalue weighted by molar-refractivity contribution is -0.134. The monoisotopic (exact) mass is 384 g/mol. The summed E-state index contributed by atoms with van der Waals surface area (Å²) in [4.78, 5) is 29.9. The molecule has 1 amide bonds. The molecule has 0 bridgehead atoms. The zero-order valence-corrected chi connectivity index (χ0v) is 15.5. The molecule has 2 aromatic rings. The number of morpholine rings is 1. The maximum Gasteiger partial charge on any atom is 0.246 e. The molecule has 6 nitrogen and oxygen atoms in total. The van der Waals surface area contributed by atoms with Crippen molar-refractivity contribution in [2.45, 2.75) is 13.0 Å². The highest BCUT2D eigenvalue weighted by molar-refractivity contribution is 5.96. The molecule has 3 rings (SSSR count). The maximum atomic E-state index is 13.4. The Bertz CT molecular complexity index is 870. The topological polar surface area (TPSA) is 68.7 Å². The third-order valence-electron chi connectivity index (χ3n) is 4.28. The van der Waals surface area contributed by atoms with E-state index in [4.69, 9.17) is 9.47 Å². The number of hydrogen-bond donors (Lipinski definition) is 0. The van der Waals surface area contributed by atoms with Crippen LogP contribution in [-0.4, -0.2) is 54.0 Å². The Kier molecular flexibility index (Phi) is 6.49. The van der Waals surface area contributed by atoms with Crippen molar-refractivity contribution in [3.8, 4) is 5.75 Å². The second-order valence-corrected chi connectivity index (χ2v) is 6.37. The van der Waals surface area contributed by atoms with Crippen LogP contribution in [-0.2, 0) is 9.53 Å². The largest absolute Gasteiger partial charge is 0.490 e. The molecule has 7 heteroatoms. The number of hydrogen-bond acceptors (Lipinski definition) is 5. The molecule has 1 aromatic heterocycles. The third kappa shape index (κ3) is 5.23. The summed E-state index contributed by atoms with van der Waals surface area (Å²) in [7, 11) is 0. The van der Waals surface area contributed by atoms with Crippen LogP contribution in [0.2, 0.25) is 0 Å². The maximum absolute atomic E-state index is 13.4. The molecule has 0 spiro atoms. The summed E-state index contributed by atoms with van der Waals surface area (Å²) in [6.07, 6.45) is 4.47. The van der Waals surface area contributed by atoms with Crippen molar-refractivity contribution in [1.29, 1.82) is 0 Å². The van der Waals surface area contributed by atoms with E-state index >= 15 is 0 Å². The minimum atomic E-state index is -0.497. The highest BCUT2D eigenvalue weighted by Crippen LogP contribution is 2.21. The van der Waals surface area contributed by atoms with Crippen molar-refractivity contribution in [3.63, 3.8) is 0 Å². The molecule has 1 fully saturated rings. The van der Waals surface area contributed by atoms with E-state index in [-0.39, 0.29) is 30.0 Å². The SMILES string of the molecule is CC(=O)c1cc(F)ccc1OCC1CN(C(=O)C=Cc2ccccn2)CCO1. The smallest absolute Gasteiger partial charge is 0.246 e. The molecule has 1 atom stereocenters. The number of benzene rings is 1. The molecule has 0 radical (unpaired) electrons. The number of halogens is 1. The molecule has 1 saturated heterocycles. The summed E-state index contributed by atoms with van der Waals surface area (Å²) in [5.74, 6) is -0.611. The van der Waals surface area contributed by atoms with Gasteiger partial charge in [-0.25, -0.2) is 4.39 Å². The van der Waals surface area contributed by atoms with Gasteiger partial charge in [-0.3, -0.25) is 14.6 Å². The van der Waals surface area contributed by atoms with Crippen molar-refractivity contribution in [2.75, 3.05) is 26.3 Å². The summed E-state index contributed by atoms with van der Waals surface area (Å²) in [5, 5.41) is 0. The zero-order valence-electron chi connectivity index (χ0n) is 15.5. The zero-order chi connectivity index (χ0) is 19.9. The van der Waals surface area contributed by atoms with Crippen LogP contribution >= 0.6 is 0 Å². The lowest BCUT2D eigenvalue weighted by atomic mass is 10.1. The van der Waals surface area contributed by atoms with Crippen LogP contribution in [0.5, 0.6) is 5.75 Å². The van der Waals surface area contributed by atoms with E-state index in [1.165, 1.54) is 25.1 Å². The molecular weight excluding hydrogens is 363 g/mol. The molecule has 1 aliphatic heterocycles. The van der Waals surface area contributed by atoms with Gasteiger partial charge in [0, 0.05) is 18.8 Å². The standard InChI is InChI=1S/C21H21FN2O4/c1-15(25)19-12-16(22)5-7-20(19)28-14-18-13-24(10-11-27-18)21(26)8-6-17-4-2-3-9-23-17/h2-9,12,18H,10-11,13-14H2,1H3. The van der Waals surface area contributed by atoms with Crippen LogP contribution in [0.1, 0.15) is 23.0 Å². The molecule has 1 unspecified atom stereocenters. The van der Waals surface area contributed by atoms with Crippen molar-refractivity contribution in [3.05, 3.63) is 65.7 Å². The van der Waals surface area contributed by atoms with Gasteiger partial charge in [0.2, 0.25) is 5.91 Å². The molecule has 0 N–H and O–H groups in total. The first kappa shape index (κ1) is 19.7. The van der Waals surface area contributed by atoms with Gasteiger partial charge in [-0.2, -0.15) is 0 Å². The number of nitrogens with zero attached hydrogens (tertiary/aromatic N) is 2. The summed E-state index contributed by atoms with van der Waals surface area (Å²) in [5.41, 5.74) is 0.888. The first-order valence-electron chi connectivity index (χ1n) is 8.96.